The molecule has 3 rings (SSSR count). The highest BCUT2D eigenvalue weighted by Gasteiger charge is 2.29. The first-order valence-corrected chi connectivity index (χ1v) is 13.2. The number of β-amino-alcohol motifs (C(OH)–C–C–N with tert-alkyl or cyclic N) is 1. The molecule has 1 aliphatic heterocycles. The second-order valence-corrected chi connectivity index (χ2v) is 9.73. The number of amides is 1. The highest BCUT2D eigenvalue weighted by atomic mass is 19.1. The Morgan fingerprint density at radius 2 is 1.78 bits per heavy atom. The van der Waals surface area contributed by atoms with Crippen LogP contribution >= 0.6 is 0 Å². The van der Waals surface area contributed by atoms with Crippen LogP contribution in [0.2, 0.25) is 0 Å². The van der Waals surface area contributed by atoms with Gasteiger partial charge < -0.3 is 20.3 Å². The third-order valence-corrected chi connectivity index (χ3v) is 6.64. The summed E-state index contributed by atoms with van der Waals surface area (Å²) < 4.78 is 18.7. The van der Waals surface area contributed by atoms with Crippen molar-refractivity contribution >= 4 is 11.7 Å². The maximum Gasteiger partial charge on any atom is 0.220 e. The number of aliphatic hydroxyl groups is 2. The molecule has 0 aromatic heterocycles. The Morgan fingerprint density at radius 1 is 1.08 bits per heavy atom. The van der Waals surface area contributed by atoms with E-state index in [2.05, 4.69) is 12.2 Å². The van der Waals surface area contributed by atoms with E-state index in [0.29, 0.717) is 56.6 Å². The average molecular weight is 515 g/mol. The van der Waals surface area contributed by atoms with Gasteiger partial charge in [0.05, 0.1) is 18.8 Å². The number of likely N-dealkylation sites (tertiary alicyclic amines) is 1. The molecule has 1 unspecified atom stereocenters. The number of hydrogen-bond acceptors (Lipinski definition) is 6. The van der Waals surface area contributed by atoms with Crippen LogP contribution in [0.15, 0.2) is 48.5 Å². The van der Waals surface area contributed by atoms with Crippen molar-refractivity contribution in [3.63, 3.8) is 0 Å². The van der Waals surface area contributed by atoms with E-state index in [0.717, 1.165) is 18.6 Å². The molecule has 1 amide bonds. The summed E-state index contributed by atoms with van der Waals surface area (Å²) in [7, 11) is 0. The van der Waals surface area contributed by atoms with E-state index in [1.54, 1.807) is 0 Å². The van der Waals surface area contributed by atoms with Gasteiger partial charge in [-0.15, -0.1) is 0 Å². The molecule has 3 N–H and O–H groups in total. The maximum absolute atomic E-state index is 13.0. The third-order valence-electron chi connectivity index (χ3n) is 6.64. The number of rotatable bonds is 15. The summed E-state index contributed by atoms with van der Waals surface area (Å²) in [6.07, 6.45) is 2.94. The number of carbonyl (C=O) groups excluding carboxylic acids is 2. The number of nitrogens with one attached hydrogen (secondary N) is 1. The summed E-state index contributed by atoms with van der Waals surface area (Å²) in [4.78, 5) is 27.0. The first-order valence-electron chi connectivity index (χ1n) is 13.2. The number of nitrogens with zero attached hydrogens (tertiary/aromatic N) is 1. The Balaban J connectivity index is 1.52. The molecule has 202 valence electrons. The summed E-state index contributed by atoms with van der Waals surface area (Å²) in [6, 6.07) is 12.2. The number of unbranched alkanes of at least 4 members (excludes halogenated alkanes) is 2. The zero-order valence-electron chi connectivity index (χ0n) is 21.6. The van der Waals surface area contributed by atoms with Gasteiger partial charge in [0.25, 0.3) is 0 Å². The molecule has 0 saturated carbocycles. The summed E-state index contributed by atoms with van der Waals surface area (Å²) in [6.45, 7) is 4.38. The van der Waals surface area contributed by atoms with Crippen LogP contribution in [0.5, 0.6) is 5.75 Å². The predicted molar refractivity (Wildman–Crippen MR) is 140 cm³/mol. The Kier molecular flexibility index (Phi) is 11.5. The smallest absolute Gasteiger partial charge is 0.220 e. The van der Waals surface area contributed by atoms with Crippen LogP contribution in [-0.2, 0) is 4.79 Å². The second-order valence-electron chi connectivity index (χ2n) is 9.73. The van der Waals surface area contributed by atoms with Gasteiger partial charge in [-0.05, 0) is 67.6 Å². The molecule has 0 radical (unpaired) electrons. The molecule has 1 saturated heterocycles. The Bertz CT molecular complexity index is 983. The van der Waals surface area contributed by atoms with Crippen molar-refractivity contribution in [3.05, 3.63) is 65.5 Å². The fourth-order valence-corrected chi connectivity index (χ4v) is 4.44. The van der Waals surface area contributed by atoms with Crippen LogP contribution < -0.4 is 10.1 Å². The van der Waals surface area contributed by atoms with E-state index in [-0.39, 0.29) is 30.3 Å². The van der Waals surface area contributed by atoms with Gasteiger partial charge in [0, 0.05) is 38.0 Å². The first-order chi connectivity index (χ1) is 17.9. The Hall–Kier alpha value is -2.81. The molecular weight excluding hydrogens is 475 g/mol. The van der Waals surface area contributed by atoms with Crippen LogP contribution in [0.3, 0.4) is 0 Å². The lowest BCUT2D eigenvalue weighted by Crippen LogP contribution is -2.47. The average Bonchev–Trinajstić information content (AvgIpc) is 3.31. The molecule has 2 aromatic rings. The zero-order chi connectivity index (χ0) is 26.6. The van der Waals surface area contributed by atoms with Crippen LogP contribution in [0, 0.1) is 5.82 Å². The topological polar surface area (TPSA) is 99.1 Å². The van der Waals surface area contributed by atoms with Gasteiger partial charge in [-0.1, -0.05) is 25.5 Å². The van der Waals surface area contributed by atoms with Crippen LogP contribution in [0.1, 0.15) is 73.9 Å². The van der Waals surface area contributed by atoms with Crippen molar-refractivity contribution in [2.24, 2.45) is 0 Å². The third kappa shape index (κ3) is 9.54. The zero-order valence-corrected chi connectivity index (χ0v) is 21.6. The van der Waals surface area contributed by atoms with Crippen LogP contribution in [-0.4, -0.2) is 65.2 Å². The number of hydrogen-bond donors (Lipinski definition) is 3. The van der Waals surface area contributed by atoms with Gasteiger partial charge in [-0.25, -0.2) is 4.39 Å². The summed E-state index contributed by atoms with van der Waals surface area (Å²) in [5, 5.41) is 24.0. The standard InChI is InChI=1S/C29H39FN2O5/c1-2-3-18-37-25-14-10-22(11-15-25)29(36)26(20-32-17-16-24(33)19-32)31-28(35)7-5-4-6-27(34)21-8-12-23(30)13-9-21/h8-15,24,26,29,33,36H,2-7,16-20H2,1H3,(H,31,35)/t24?,26-,29-/m1/s1. The van der Waals surface area contributed by atoms with Gasteiger partial charge in [-0.3, -0.25) is 14.5 Å². The van der Waals surface area contributed by atoms with Crippen molar-refractivity contribution in [3.8, 4) is 5.75 Å². The van der Waals surface area contributed by atoms with Gasteiger partial charge >= 0.3 is 0 Å². The van der Waals surface area contributed by atoms with Gasteiger partial charge in [-0.2, -0.15) is 0 Å². The molecule has 8 heteroatoms. The van der Waals surface area contributed by atoms with E-state index in [1.807, 2.05) is 29.2 Å². The highest BCUT2D eigenvalue weighted by molar-refractivity contribution is 5.95. The second kappa shape index (κ2) is 14.8. The summed E-state index contributed by atoms with van der Waals surface area (Å²) in [5.74, 6) is 0.0773. The van der Waals surface area contributed by atoms with Gasteiger partial charge in [0.15, 0.2) is 5.78 Å². The van der Waals surface area contributed by atoms with E-state index < -0.39 is 18.2 Å². The highest BCUT2D eigenvalue weighted by Crippen LogP contribution is 2.23. The number of carbonyl (C=O) groups is 2. The van der Waals surface area contributed by atoms with Gasteiger partial charge in [0.2, 0.25) is 5.91 Å². The van der Waals surface area contributed by atoms with Crippen molar-refractivity contribution in [1.29, 1.82) is 0 Å². The first kappa shape index (κ1) is 28.8. The van der Waals surface area contributed by atoms with Crippen molar-refractivity contribution in [1.82, 2.24) is 10.2 Å². The normalized spacial score (nSPS) is 17.4. The van der Waals surface area contributed by atoms with Crippen LogP contribution in [0.4, 0.5) is 4.39 Å². The van der Waals surface area contributed by atoms with Crippen molar-refractivity contribution < 1.29 is 28.9 Å². The molecule has 1 fully saturated rings. The van der Waals surface area contributed by atoms with E-state index >= 15 is 0 Å². The summed E-state index contributed by atoms with van der Waals surface area (Å²) in [5.41, 5.74) is 1.14. The molecule has 37 heavy (non-hydrogen) atoms. The molecule has 0 aliphatic carbocycles. The number of halogens is 1. The van der Waals surface area contributed by atoms with E-state index in [9.17, 15) is 24.2 Å². The SMILES string of the molecule is CCCCOc1ccc([C@@H](O)[C@@H](CN2CCC(O)C2)NC(=O)CCCCC(=O)c2ccc(F)cc2)cc1. The quantitative estimate of drug-likeness (QED) is 0.245. The summed E-state index contributed by atoms with van der Waals surface area (Å²) >= 11 is 0. The minimum Gasteiger partial charge on any atom is -0.494 e. The maximum atomic E-state index is 13.0. The monoisotopic (exact) mass is 514 g/mol. The molecular formula is C29H39FN2O5. The lowest BCUT2D eigenvalue weighted by atomic mass is 10.0. The number of ether oxygens (including phenoxy) is 1. The molecule has 0 bridgehead atoms. The molecule has 7 nitrogen and oxygen atoms in total. The molecule has 3 atom stereocenters. The largest absolute Gasteiger partial charge is 0.494 e. The minimum absolute atomic E-state index is 0.0802. The fraction of sp³-hybridized carbons (Fsp3) is 0.517. The van der Waals surface area contributed by atoms with E-state index in [1.165, 1.54) is 24.3 Å². The number of ketones is 1. The predicted octanol–water partition coefficient (Wildman–Crippen LogP) is 4.03. The fourth-order valence-electron chi connectivity index (χ4n) is 4.44. The lowest BCUT2D eigenvalue weighted by Gasteiger charge is -2.29. The molecule has 2 aromatic carbocycles. The minimum atomic E-state index is -0.925. The molecule has 1 aliphatic rings. The molecule has 0 spiro atoms. The number of aliphatic hydroxyl groups excluding tert-OH is 2. The lowest BCUT2D eigenvalue weighted by molar-refractivity contribution is -0.123. The molecule has 1 heterocycles. The van der Waals surface area contributed by atoms with E-state index in [4.69, 9.17) is 4.74 Å². The van der Waals surface area contributed by atoms with Crippen molar-refractivity contribution in [2.75, 3.05) is 26.2 Å². The Labute approximate surface area is 218 Å². The van der Waals surface area contributed by atoms with Gasteiger partial charge in [0.1, 0.15) is 17.7 Å². The Morgan fingerprint density at radius 3 is 2.43 bits per heavy atom. The number of benzene rings is 2. The number of Topliss-reactive ketones (excluding diaryl/α,β-unsaturated/α-hetero) is 1. The van der Waals surface area contributed by atoms with Crippen molar-refractivity contribution in [2.45, 2.75) is 70.1 Å². The van der Waals surface area contributed by atoms with Crippen LogP contribution in [0.25, 0.3) is 0 Å².